The molecule has 1 saturated carbocycles. The molecule has 29 heavy (non-hydrogen) atoms. The first kappa shape index (κ1) is 19.5. The summed E-state index contributed by atoms with van der Waals surface area (Å²) in [7, 11) is 0. The summed E-state index contributed by atoms with van der Waals surface area (Å²) in [6.07, 6.45) is 0.226. The van der Waals surface area contributed by atoms with Gasteiger partial charge >= 0.3 is 0 Å². The van der Waals surface area contributed by atoms with Gasteiger partial charge in [-0.25, -0.2) is 4.99 Å². The fourth-order valence-electron chi connectivity index (χ4n) is 4.92. The van der Waals surface area contributed by atoms with Crippen molar-refractivity contribution in [1.82, 2.24) is 5.32 Å². The van der Waals surface area contributed by atoms with Gasteiger partial charge in [0.2, 0.25) is 11.0 Å². The van der Waals surface area contributed by atoms with Gasteiger partial charge in [0.15, 0.2) is 0 Å². The number of benzene rings is 2. The van der Waals surface area contributed by atoms with Gasteiger partial charge in [-0.3, -0.25) is 9.59 Å². The number of nitrogens with zero attached hydrogens (tertiary/aromatic N) is 1. The second-order valence-electron chi connectivity index (χ2n) is 7.94. The quantitative estimate of drug-likeness (QED) is 0.752. The van der Waals surface area contributed by atoms with Gasteiger partial charge in [0.25, 0.3) is 0 Å². The summed E-state index contributed by atoms with van der Waals surface area (Å²) >= 11 is 5.13. The average molecular weight is 406 g/mol. The van der Waals surface area contributed by atoms with Crippen molar-refractivity contribution >= 4 is 34.9 Å². The van der Waals surface area contributed by atoms with E-state index in [2.05, 4.69) is 10.3 Å². The number of nitrogens with two attached hydrogens (primary N) is 1. The van der Waals surface area contributed by atoms with Crippen LogP contribution in [0.3, 0.4) is 0 Å². The predicted molar refractivity (Wildman–Crippen MR) is 117 cm³/mol. The number of amides is 1. The fourth-order valence-corrected chi connectivity index (χ4v) is 5.11. The Labute approximate surface area is 175 Å². The Morgan fingerprint density at radius 1 is 1.07 bits per heavy atom. The smallest absolute Gasteiger partial charge is 0.241 e. The number of carbonyl (C=O) groups is 2. The number of hydrogen-bond acceptors (Lipinski definition) is 4. The third-order valence-electron chi connectivity index (χ3n) is 6.33. The zero-order chi connectivity index (χ0) is 20.8. The van der Waals surface area contributed by atoms with Crippen LogP contribution >= 0.6 is 12.2 Å². The number of hydrogen-bond donors (Lipinski definition) is 2. The van der Waals surface area contributed by atoms with E-state index in [4.69, 9.17) is 18.0 Å². The Morgan fingerprint density at radius 2 is 1.72 bits per heavy atom. The number of carbonyl (C=O) groups excluding carboxylic acids is 2. The lowest BCUT2D eigenvalue weighted by Crippen LogP contribution is -2.64. The standard InChI is InChI=1S/C23H23N3O2S/c1-13-8-10-15(11-9-13)17-12-18(27)14(2)19(16-6-4-3-5-7-16)23(17)20(24)25-22(29)26-21(23)28/h3-11,14,17,19H,12H2,1-2H3,(H3,24,25,26,28,29)/t14-,17+,19-,23?/m0/s1. The molecule has 2 aromatic rings. The molecular formula is C23H23N3O2S. The van der Waals surface area contributed by atoms with Crippen molar-refractivity contribution < 1.29 is 9.59 Å². The SMILES string of the molecule is Cc1ccc([C@H]2CC(=O)[C@H](C)[C@@H](c3ccccc3)C23C(=O)NC(=S)N=C3N)cc1. The van der Waals surface area contributed by atoms with Gasteiger partial charge in [0, 0.05) is 24.2 Å². The Hall–Kier alpha value is -2.86. The van der Waals surface area contributed by atoms with E-state index in [0.29, 0.717) is 0 Å². The molecule has 1 amide bonds. The lowest BCUT2D eigenvalue weighted by molar-refractivity contribution is -0.136. The van der Waals surface area contributed by atoms with Crippen molar-refractivity contribution in [1.29, 1.82) is 0 Å². The highest BCUT2D eigenvalue weighted by Crippen LogP contribution is 2.57. The zero-order valence-electron chi connectivity index (χ0n) is 16.4. The summed E-state index contributed by atoms with van der Waals surface area (Å²) in [4.78, 5) is 31.0. The molecule has 5 nitrogen and oxygen atoms in total. The minimum atomic E-state index is -1.19. The maximum absolute atomic E-state index is 13.6. The van der Waals surface area contributed by atoms with Crippen LogP contribution in [0.15, 0.2) is 59.6 Å². The summed E-state index contributed by atoms with van der Waals surface area (Å²) in [5.41, 5.74) is 8.22. The number of aliphatic imine (C=N–C) groups is 1. The molecule has 0 saturated heterocycles. The molecule has 148 valence electrons. The lowest BCUT2D eigenvalue weighted by atomic mass is 9.51. The van der Waals surface area contributed by atoms with E-state index in [1.54, 1.807) is 0 Å². The summed E-state index contributed by atoms with van der Waals surface area (Å²) < 4.78 is 0. The summed E-state index contributed by atoms with van der Waals surface area (Å²) in [6, 6.07) is 17.5. The van der Waals surface area contributed by atoms with Gasteiger partial charge < -0.3 is 11.1 Å². The second kappa shape index (κ2) is 7.19. The minimum absolute atomic E-state index is 0.0668. The molecule has 6 heteroatoms. The Kier molecular flexibility index (Phi) is 4.82. The van der Waals surface area contributed by atoms with Crippen LogP contribution in [0.2, 0.25) is 0 Å². The molecule has 0 bridgehead atoms. The monoisotopic (exact) mass is 405 g/mol. The number of rotatable bonds is 2. The largest absolute Gasteiger partial charge is 0.386 e. The van der Waals surface area contributed by atoms with Gasteiger partial charge in [0.05, 0.1) is 0 Å². The van der Waals surface area contributed by atoms with Crippen LogP contribution in [0.1, 0.15) is 41.9 Å². The van der Waals surface area contributed by atoms with Crippen LogP contribution in [-0.2, 0) is 9.59 Å². The summed E-state index contributed by atoms with van der Waals surface area (Å²) in [5, 5.41) is 2.80. The third-order valence-corrected chi connectivity index (χ3v) is 6.53. The highest BCUT2D eigenvalue weighted by molar-refractivity contribution is 7.80. The molecule has 1 unspecified atom stereocenters. The first-order valence-electron chi connectivity index (χ1n) is 9.70. The molecule has 1 heterocycles. The maximum atomic E-state index is 13.6. The van der Waals surface area contributed by atoms with Crippen molar-refractivity contribution in [2.75, 3.05) is 0 Å². The van der Waals surface area contributed by atoms with Gasteiger partial charge in [-0.2, -0.15) is 0 Å². The van der Waals surface area contributed by atoms with Crippen LogP contribution in [-0.4, -0.2) is 22.6 Å². The van der Waals surface area contributed by atoms with Gasteiger partial charge in [-0.1, -0.05) is 67.1 Å². The van der Waals surface area contributed by atoms with E-state index >= 15 is 0 Å². The highest BCUT2D eigenvalue weighted by Gasteiger charge is 2.62. The Bertz CT molecular complexity index is 1020. The van der Waals surface area contributed by atoms with Crippen LogP contribution < -0.4 is 11.1 Å². The predicted octanol–water partition coefficient (Wildman–Crippen LogP) is 3.23. The van der Waals surface area contributed by atoms with Crippen molar-refractivity contribution in [3.05, 3.63) is 71.3 Å². The minimum Gasteiger partial charge on any atom is -0.386 e. The summed E-state index contributed by atoms with van der Waals surface area (Å²) in [5.74, 6) is -1.24. The molecular weight excluding hydrogens is 382 g/mol. The zero-order valence-corrected chi connectivity index (χ0v) is 17.2. The fraction of sp³-hybridized carbons (Fsp3) is 0.304. The Morgan fingerprint density at radius 3 is 2.34 bits per heavy atom. The first-order chi connectivity index (χ1) is 13.9. The van der Waals surface area contributed by atoms with Crippen LogP contribution in [0.5, 0.6) is 0 Å². The number of ketones is 1. The summed E-state index contributed by atoms with van der Waals surface area (Å²) in [6.45, 7) is 3.88. The van der Waals surface area contributed by atoms with Gasteiger partial charge in [0.1, 0.15) is 17.0 Å². The molecule has 2 aromatic carbocycles. The number of nitrogens with one attached hydrogen (secondary N) is 1. The van der Waals surface area contributed by atoms with Crippen LogP contribution in [0, 0.1) is 18.3 Å². The van der Waals surface area contributed by atoms with E-state index in [1.165, 1.54) is 0 Å². The Balaban J connectivity index is 2.01. The normalized spacial score (nSPS) is 29.5. The average Bonchev–Trinajstić information content (AvgIpc) is 2.69. The van der Waals surface area contributed by atoms with E-state index in [9.17, 15) is 9.59 Å². The van der Waals surface area contributed by atoms with E-state index in [1.807, 2.05) is 68.4 Å². The number of aryl methyl sites for hydroxylation is 1. The molecule has 4 atom stereocenters. The number of Topliss-reactive ketones (excluding diaryl/α,β-unsaturated/α-hetero) is 1. The molecule has 1 aliphatic carbocycles. The van der Waals surface area contributed by atoms with Crippen molar-refractivity contribution in [2.24, 2.45) is 22.1 Å². The second-order valence-corrected chi connectivity index (χ2v) is 8.32. The van der Waals surface area contributed by atoms with Crippen molar-refractivity contribution in [2.45, 2.75) is 32.1 Å². The third kappa shape index (κ3) is 2.99. The van der Waals surface area contributed by atoms with E-state index < -0.39 is 17.3 Å². The molecule has 4 rings (SSSR count). The van der Waals surface area contributed by atoms with Crippen LogP contribution in [0.4, 0.5) is 0 Å². The van der Waals surface area contributed by atoms with Gasteiger partial charge in [-0.15, -0.1) is 0 Å². The van der Waals surface area contributed by atoms with Crippen molar-refractivity contribution in [3.63, 3.8) is 0 Å². The number of thiocarbonyl (C=S) groups is 1. The lowest BCUT2D eigenvalue weighted by Gasteiger charge is -2.51. The first-order valence-corrected chi connectivity index (χ1v) is 10.1. The van der Waals surface area contributed by atoms with E-state index in [0.717, 1.165) is 16.7 Å². The molecule has 3 N–H and O–H groups in total. The highest BCUT2D eigenvalue weighted by atomic mass is 32.1. The molecule has 1 aliphatic heterocycles. The van der Waals surface area contributed by atoms with Crippen LogP contribution in [0.25, 0.3) is 0 Å². The van der Waals surface area contributed by atoms with Crippen molar-refractivity contribution in [3.8, 4) is 0 Å². The molecule has 0 radical (unpaired) electrons. The number of amidine groups is 1. The topological polar surface area (TPSA) is 84.5 Å². The molecule has 0 aromatic heterocycles. The molecule has 1 fully saturated rings. The molecule has 2 aliphatic rings. The van der Waals surface area contributed by atoms with Gasteiger partial charge in [-0.05, 0) is 30.3 Å². The molecule has 1 spiro atoms. The van der Waals surface area contributed by atoms with E-state index in [-0.39, 0.29) is 35.0 Å². The maximum Gasteiger partial charge on any atom is 0.241 e.